The van der Waals surface area contributed by atoms with Crippen molar-refractivity contribution in [1.82, 2.24) is 4.98 Å². The Morgan fingerprint density at radius 3 is 2.87 bits per heavy atom. The molecule has 0 bridgehead atoms. The van der Waals surface area contributed by atoms with Crippen LogP contribution < -0.4 is 4.72 Å². The molecule has 1 heterocycles. The first-order valence-corrected chi connectivity index (χ1v) is 6.63. The number of anilines is 1. The van der Waals surface area contributed by atoms with Crippen molar-refractivity contribution in [2.45, 2.75) is 31.4 Å². The molecule has 0 spiro atoms. The molecule has 1 N–H and O–H groups in total. The van der Waals surface area contributed by atoms with E-state index in [4.69, 9.17) is 0 Å². The van der Waals surface area contributed by atoms with E-state index in [9.17, 15) is 8.42 Å². The fourth-order valence-electron chi connectivity index (χ4n) is 1.43. The Morgan fingerprint density at radius 1 is 1.53 bits per heavy atom. The predicted octanol–water partition coefficient (Wildman–Crippen LogP) is 1.55. The van der Waals surface area contributed by atoms with Gasteiger partial charge in [-0.3, -0.25) is 9.71 Å². The summed E-state index contributed by atoms with van der Waals surface area (Å²) in [6, 6.07) is 3.50. The lowest BCUT2D eigenvalue weighted by Crippen LogP contribution is -2.18. The van der Waals surface area contributed by atoms with Crippen LogP contribution in [0.15, 0.2) is 18.3 Å². The molecule has 5 heteroatoms. The summed E-state index contributed by atoms with van der Waals surface area (Å²) >= 11 is 0. The molecule has 0 saturated heterocycles. The van der Waals surface area contributed by atoms with Crippen LogP contribution in [0.25, 0.3) is 0 Å². The van der Waals surface area contributed by atoms with Crippen molar-refractivity contribution < 1.29 is 8.42 Å². The molecule has 0 atom stereocenters. The first-order chi connectivity index (χ1) is 7.13. The Balaban J connectivity index is 2.23. The number of hydrogen-bond acceptors (Lipinski definition) is 3. The van der Waals surface area contributed by atoms with Crippen LogP contribution >= 0.6 is 0 Å². The monoisotopic (exact) mass is 226 g/mol. The van der Waals surface area contributed by atoms with Gasteiger partial charge in [0, 0.05) is 6.20 Å². The number of nitrogens with zero attached hydrogens (tertiary/aromatic N) is 1. The Morgan fingerprint density at radius 2 is 2.27 bits per heavy atom. The third kappa shape index (κ3) is 2.28. The van der Waals surface area contributed by atoms with Crippen LogP contribution in [0.1, 0.15) is 25.5 Å². The van der Waals surface area contributed by atoms with Gasteiger partial charge in [0.05, 0.1) is 16.6 Å². The number of rotatable bonds is 4. The second kappa shape index (κ2) is 3.81. The average Bonchev–Trinajstić information content (AvgIpc) is 3.01. The molecule has 82 valence electrons. The van der Waals surface area contributed by atoms with Gasteiger partial charge < -0.3 is 0 Å². The van der Waals surface area contributed by atoms with E-state index in [1.165, 1.54) is 0 Å². The molecule has 1 saturated carbocycles. The van der Waals surface area contributed by atoms with Gasteiger partial charge in [-0.1, -0.05) is 6.92 Å². The Hall–Kier alpha value is -1.10. The molecule has 1 fully saturated rings. The standard InChI is InChI=1S/C10H14N2O2S/c1-2-9-10(4-3-7-11-9)12-15(13,14)8-5-6-8/h3-4,7-8,12H,2,5-6H2,1H3. The van der Waals surface area contributed by atoms with Crippen molar-refractivity contribution in [3.8, 4) is 0 Å². The zero-order chi connectivity index (χ0) is 10.9. The van der Waals surface area contributed by atoms with E-state index in [1.807, 2.05) is 6.92 Å². The molecule has 0 amide bonds. The highest BCUT2D eigenvalue weighted by Crippen LogP contribution is 2.30. The van der Waals surface area contributed by atoms with Crippen molar-refractivity contribution in [3.05, 3.63) is 24.0 Å². The summed E-state index contributed by atoms with van der Waals surface area (Å²) < 4.78 is 26.0. The molecule has 0 radical (unpaired) electrons. The molecule has 0 aliphatic heterocycles. The molecule has 0 unspecified atom stereocenters. The molecule has 4 nitrogen and oxygen atoms in total. The van der Waals surface area contributed by atoms with Gasteiger partial charge in [-0.25, -0.2) is 8.42 Å². The second-order valence-electron chi connectivity index (χ2n) is 3.70. The summed E-state index contributed by atoms with van der Waals surface area (Å²) in [7, 11) is -3.16. The zero-order valence-electron chi connectivity index (χ0n) is 8.60. The minimum Gasteiger partial charge on any atom is -0.281 e. The summed E-state index contributed by atoms with van der Waals surface area (Å²) in [5.74, 6) is 0. The van der Waals surface area contributed by atoms with Gasteiger partial charge in [0.1, 0.15) is 0 Å². The molecule has 1 aliphatic carbocycles. The highest BCUT2D eigenvalue weighted by molar-refractivity contribution is 7.93. The molecule has 1 aromatic rings. The van der Waals surface area contributed by atoms with Crippen molar-refractivity contribution >= 4 is 15.7 Å². The van der Waals surface area contributed by atoms with Crippen LogP contribution in [0.2, 0.25) is 0 Å². The van der Waals surface area contributed by atoms with E-state index in [1.54, 1.807) is 18.3 Å². The van der Waals surface area contributed by atoms with Gasteiger partial charge in [-0.05, 0) is 31.4 Å². The molecule has 1 aliphatic rings. The second-order valence-corrected chi connectivity index (χ2v) is 5.66. The Labute approximate surface area is 89.8 Å². The molecule has 0 aromatic carbocycles. The van der Waals surface area contributed by atoms with Crippen molar-refractivity contribution in [1.29, 1.82) is 0 Å². The summed E-state index contributed by atoms with van der Waals surface area (Å²) in [4.78, 5) is 4.13. The lowest BCUT2D eigenvalue weighted by atomic mass is 10.2. The third-order valence-electron chi connectivity index (χ3n) is 2.44. The van der Waals surface area contributed by atoms with Crippen LogP contribution in [0.3, 0.4) is 0 Å². The van der Waals surface area contributed by atoms with Gasteiger partial charge >= 0.3 is 0 Å². The van der Waals surface area contributed by atoms with Gasteiger partial charge in [-0.2, -0.15) is 0 Å². The van der Waals surface area contributed by atoms with E-state index in [0.29, 0.717) is 5.69 Å². The largest absolute Gasteiger partial charge is 0.281 e. The highest BCUT2D eigenvalue weighted by Gasteiger charge is 2.35. The quantitative estimate of drug-likeness (QED) is 0.847. The Kier molecular flexibility index (Phi) is 2.65. The fourth-order valence-corrected chi connectivity index (χ4v) is 2.84. The van der Waals surface area contributed by atoms with Crippen molar-refractivity contribution in [3.63, 3.8) is 0 Å². The fraction of sp³-hybridized carbons (Fsp3) is 0.500. The highest BCUT2D eigenvalue weighted by atomic mass is 32.2. The van der Waals surface area contributed by atoms with Gasteiger partial charge in [0.25, 0.3) is 0 Å². The number of nitrogens with one attached hydrogen (secondary N) is 1. The first kappa shape index (κ1) is 10.4. The maximum atomic E-state index is 11.7. The minimum absolute atomic E-state index is 0.192. The SMILES string of the molecule is CCc1ncccc1NS(=O)(=O)C1CC1. The molecule has 15 heavy (non-hydrogen) atoms. The molecule has 2 rings (SSSR count). The van der Waals surface area contributed by atoms with E-state index in [0.717, 1.165) is 25.0 Å². The van der Waals surface area contributed by atoms with E-state index < -0.39 is 10.0 Å². The summed E-state index contributed by atoms with van der Waals surface area (Å²) in [6.45, 7) is 1.96. The average molecular weight is 226 g/mol. The summed E-state index contributed by atoms with van der Waals surface area (Å²) in [6.07, 6.45) is 3.95. The van der Waals surface area contributed by atoms with Crippen LogP contribution in [0, 0.1) is 0 Å². The summed E-state index contributed by atoms with van der Waals surface area (Å²) in [5.41, 5.74) is 1.41. The van der Waals surface area contributed by atoms with E-state index >= 15 is 0 Å². The van der Waals surface area contributed by atoms with Crippen LogP contribution in [0.5, 0.6) is 0 Å². The van der Waals surface area contributed by atoms with Crippen molar-refractivity contribution in [2.24, 2.45) is 0 Å². The Bertz CT molecular complexity index is 452. The predicted molar refractivity (Wildman–Crippen MR) is 59.2 cm³/mol. The maximum absolute atomic E-state index is 11.7. The number of hydrogen-bond donors (Lipinski definition) is 1. The smallest absolute Gasteiger partial charge is 0.235 e. The molecular formula is C10H14N2O2S. The lowest BCUT2D eigenvalue weighted by Gasteiger charge is -2.09. The van der Waals surface area contributed by atoms with Gasteiger partial charge in [0.15, 0.2) is 0 Å². The number of sulfonamides is 1. The van der Waals surface area contributed by atoms with Crippen LogP contribution in [-0.2, 0) is 16.4 Å². The van der Waals surface area contributed by atoms with E-state index in [2.05, 4.69) is 9.71 Å². The third-order valence-corrected chi connectivity index (χ3v) is 4.29. The maximum Gasteiger partial charge on any atom is 0.235 e. The normalized spacial score (nSPS) is 16.3. The number of aryl methyl sites for hydroxylation is 1. The van der Waals surface area contributed by atoms with Gasteiger partial charge in [0.2, 0.25) is 10.0 Å². The molecule has 1 aromatic heterocycles. The molecular weight excluding hydrogens is 212 g/mol. The number of pyridine rings is 1. The topological polar surface area (TPSA) is 59.1 Å². The van der Waals surface area contributed by atoms with Crippen LogP contribution in [-0.4, -0.2) is 18.7 Å². The van der Waals surface area contributed by atoms with Crippen LogP contribution in [0.4, 0.5) is 5.69 Å². The van der Waals surface area contributed by atoms with Crippen molar-refractivity contribution in [2.75, 3.05) is 4.72 Å². The lowest BCUT2D eigenvalue weighted by molar-refractivity contribution is 0.600. The minimum atomic E-state index is -3.16. The van der Waals surface area contributed by atoms with E-state index in [-0.39, 0.29) is 5.25 Å². The first-order valence-electron chi connectivity index (χ1n) is 5.09. The zero-order valence-corrected chi connectivity index (χ0v) is 9.42. The van der Waals surface area contributed by atoms with Gasteiger partial charge in [-0.15, -0.1) is 0 Å². The summed E-state index contributed by atoms with van der Waals surface area (Å²) in [5, 5.41) is -0.192. The number of aromatic nitrogens is 1.